The van der Waals surface area contributed by atoms with E-state index in [0.717, 1.165) is 25.7 Å². The van der Waals surface area contributed by atoms with Gasteiger partial charge in [0.25, 0.3) is 0 Å². The van der Waals surface area contributed by atoms with Gasteiger partial charge in [-0.15, -0.1) is 6.58 Å². The molecule has 0 atom stereocenters. The zero-order valence-corrected chi connectivity index (χ0v) is 7.68. The van der Waals surface area contributed by atoms with E-state index >= 15 is 0 Å². The van der Waals surface area contributed by atoms with E-state index in [0.29, 0.717) is 5.92 Å². The molecule has 2 nitrogen and oxygen atoms in total. The van der Waals surface area contributed by atoms with E-state index < -0.39 is 0 Å². The molecule has 12 heavy (non-hydrogen) atoms. The molecule has 1 saturated carbocycles. The van der Waals surface area contributed by atoms with Crippen LogP contribution in [0.5, 0.6) is 0 Å². The average Bonchev–Trinajstić information content (AvgIpc) is 2.17. The lowest BCUT2D eigenvalue weighted by molar-refractivity contribution is -0.125. The molecule has 0 heterocycles. The number of allylic oxidation sites excluding steroid dienone is 1. The van der Waals surface area contributed by atoms with Crippen molar-refractivity contribution >= 4 is 5.91 Å². The van der Waals surface area contributed by atoms with Gasteiger partial charge in [-0.3, -0.25) is 4.79 Å². The van der Waals surface area contributed by atoms with Crippen LogP contribution in [0.15, 0.2) is 12.7 Å². The van der Waals surface area contributed by atoms with Gasteiger partial charge >= 0.3 is 0 Å². The molecule has 0 aromatic heterocycles. The van der Waals surface area contributed by atoms with Crippen molar-refractivity contribution < 1.29 is 4.79 Å². The van der Waals surface area contributed by atoms with Gasteiger partial charge in [0, 0.05) is 13.0 Å². The first-order valence-electron chi connectivity index (χ1n) is 4.62. The molecule has 0 radical (unpaired) electrons. The molecule has 0 unspecified atom stereocenters. The second-order valence-corrected chi connectivity index (χ2v) is 3.46. The summed E-state index contributed by atoms with van der Waals surface area (Å²) in [6.45, 7) is 3.77. The lowest BCUT2D eigenvalue weighted by atomic mass is 9.82. The Morgan fingerprint density at radius 1 is 1.42 bits per heavy atom. The third-order valence-electron chi connectivity index (χ3n) is 2.72. The minimum atomic E-state index is 0.206. The smallest absolute Gasteiger partial charge is 0.222 e. The van der Waals surface area contributed by atoms with Gasteiger partial charge in [-0.1, -0.05) is 6.08 Å². The van der Waals surface area contributed by atoms with Crippen molar-refractivity contribution in [1.82, 2.24) is 5.32 Å². The zero-order valence-electron chi connectivity index (χ0n) is 7.68. The van der Waals surface area contributed by atoms with E-state index in [1.807, 2.05) is 6.08 Å². The maximum atomic E-state index is 11.2. The summed E-state index contributed by atoms with van der Waals surface area (Å²) >= 11 is 0. The van der Waals surface area contributed by atoms with Crippen molar-refractivity contribution in [2.75, 3.05) is 7.05 Å². The van der Waals surface area contributed by atoms with Crippen LogP contribution in [0.1, 0.15) is 25.7 Å². The highest BCUT2D eigenvalue weighted by Crippen LogP contribution is 2.29. The summed E-state index contributed by atoms with van der Waals surface area (Å²) in [6.07, 6.45) is 6.32. The van der Waals surface area contributed by atoms with E-state index in [9.17, 15) is 4.79 Å². The van der Waals surface area contributed by atoms with Crippen molar-refractivity contribution in [1.29, 1.82) is 0 Å². The minimum Gasteiger partial charge on any atom is -0.359 e. The SMILES string of the molecule is C=CC1CCC(C(=O)NC)CC1. The Morgan fingerprint density at radius 2 is 2.00 bits per heavy atom. The second kappa shape index (κ2) is 4.29. The fourth-order valence-corrected chi connectivity index (χ4v) is 1.82. The molecule has 0 aliphatic heterocycles. The van der Waals surface area contributed by atoms with Crippen LogP contribution in [0.2, 0.25) is 0 Å². The van der Waals surface area contributed by atoms with Crippen LogP contribution in [0.25, 0.3) is 0 Å². The Morgan fingerprint density at radius 3 is 2.42 bits per heavy atom. The summed E-state index contributed by atoms with van der Waals surface area (Å²) in [7, 11) is 1.71. The van der Waals surface area contributed by atoms with Gasteiger partial charge < -0.3 is 5.32 Å². The third kappa shape index (κ3) is 2.10. The molecular formula is C10H17NO. The zero-order chi connectivity index (χ0) is 8.97. The molecular weight excluding hydrogens is 150 g/mol. The minimum absolute atomic E-state index is 0.206. The van der Waals surface area contributed by atoms with Crippen LogP contribution in [-0.4, -0.2) is 13.0 Å². The quantitative estimate of drug-likeness (QED) is 0.623. The van der Waals surface area contributed by atoms with Crippen LogP contribution < -0.4 is 5.32 Å². The van der Waals surface area contributed by atoms with Crippen molar-refractivity contribution in [3.8, 4) is 0 Å². The number of amides is 1. The summed E-state index contributed by atoms with van der Waals surface area (Å²) in [5.41, 5.74) is 0. The Bertz CT molecular complexity index is 169. The number of rotatable bonds is 2. The van der Waals surface area contributed by atoms with Crippen LogP contribution >= 0.6 is 0 Å². The number of carbonyl (C=O) groups excluding carboxylic acids is 1. The number of hydrogen-bond donors (Lipinski definition) is 1. The molecule has 1 aliphatic rings. The lowest BCUT2D eigenvalue weighted by Crippen LogP contribution is -2.30. The predicted molar refractivity (Wildman–Crippen MR) is 49.7 cm³/mol. The van der Waals surface area contributed by atoms with E-state index in [1.165, 1.54) is 0 Å². The van der Waals surface area contributed by atoms with E-state index in [4.69, 9.17) is 0 Å². The Labute approximate surface area is 74.0 Å². The molecule has 0 aromatic rings. The molecule has 1 rings (SSSR count). The largest absolute Gasteiger partial charge is 0.359 e. The molecule has 68 valence electrons. The predicted octanol–water partition coefficient (Wildman–Crippen LogP) is 1.72. The van der Waals surface area contributed by atoms with Crippen molar-refractivity contribution in [2.24, 2.45) is 11.8 Å². The van der Waals surface area contributed by atoms with Gasteiger partial charge in [0.15, 0.2) is 0 Å². The molecule has 0 aromatic carbocycles. The third-order valence-corrected chi connectivity index (χ3v) is 2.72. The molecule has 1 amide bonds. The Kier molecular flexibility index (Phi) is 3.32. The Balaban J connectivity index is 2.35. The fourth-order valence-electron chi connectivity index (χ4n) is 1.82. The highest BCUT2D eigenvalue weighted by Gasteiger charge is 2.23. The van der Waals surface area contributed by atoms with Gasteiger partial charge in [0.2, 0.25) is 5.91 Å². The van der Waals surface area contributed by atoms with Crippen molar-refractivity contribution in [2.45, 2.75) is 25.7 Å². The van der Waals surface area contributed by atoms with Gasteiger partial charge in [-0.05, 0) is 31.6 Å². The first-order valence-corrected chi connectivity index (χ1v) is 4.62. The summed E-state index contributed by atoms with van der Waals surface area (Å²) in [5, 5.41) is 2.70. The van der Waals surface area contributed by atoms with Gasteiger partial charge in [-0.2, -0.15) is 0 Å². The maximum absolute atomic E-state index is 11.2. The van der Waals surface area contributed by atoms with Gasteiger partial charge in [0.1, 0.15) is 0 Å². The van der Waals surface area contributed by atoms with Crippen LogP contribution in [-0.2, 0) is 4.79 Å². The highest BCUT2D eigenvalue weighted by atomic mass is 16.1. The lowest BCUT2D eigenvalue weighted by Gasteiger charge is -2.24. The summed E-state index contributed by atoms with van der Waals surface area (Å²) in [5.74, 6) is 1.11. The van der Waals surface area contributed by atoms with Crippen LogP contribution in [0.4, 0.5) is 0 Å². The Hall–Kier alpha value is -0.790. The molecule has 0 bridgehead atoms. The second-order valence-electron chi connectivity index (χ2n) is 3.46. The summed E-state index contributed by atoms with van der Waals surface area (Å²) < 4.78 is 0. The molecule has 1 N–H and O–H groups in total. The number of nitrogens with one attached hydrogen (secondary N) is 1. The fraction of sp³-hybridized carbons (Fsp3) is 0.700. The molecule has 1 aliphatic carbocycles. The number of carbonyl (C=O) groups is 1. The topological polar surface area (TPSA) is 29.1 Å². The summed E-state index contributed by atoms with van der Waals surface area (Å²) in [6, 6.07) is 0. The van der Waals surface area contributed by atoms with Crippen LogP contribution in [0, 0.1) is 11.8 Å². The van der Waals surface area contributed by atoms with Gasteiger partial charge in [-0.25, -0.2) is 0 Å². The molecule has 2 heteroatoms. The van der Waals surface area contributed by atoms with E-state index in [1.54, 1.807) is 7.05 Å². The first kappa shape index (κ1) is 9.30. The first-order chi connectivity index (χ1) is 5.77. The van der Waals surface area contributed by atoms with E-state index in [2.05, 4.69) is 11.9 Å². The summed E-state index contributed by atoms with van der Waals surface area (Å²) in [4.78, 5) is 11.2. The van der Waals surface area contributed by atoms with E-state index in [-0.39, 0.29) is 11.8 Å². The van der Waals surface area contributed by atoms with Crippen molar-refractivity contribution in [3.05, 3.63) is 12.7 Å². The normalized spacial score (nSPS) is 29.4. The monoisotopic (exact) mass is 167 g/mol. The molecule has 1 fully saturated rings. The van der Waals surface area contributed by atoms with Crippen LogP contribution in [0.3, 0.4) is 0 Å². The number of hydrogen-bond acceptors (Lipinski definition) is 1. The standard InChI is InChI=1S/C10H17NO/c1-3-8-4-6-9(7-5-8)10(12)11-2/h3,8-9H,1,4-7H2,2H3,(H,11,12). The maximum Gasteiger partial charge on any atom is 0.222 e. The highest BCUT2D eigenvalue weighted by molar-refractivity contribution is 5.78. The average molecular weight is 167 g/mol. The van der Waals surface area contributed by atoms with Gasteiger partial charge in [0.05, 0.1) is 0 Å². The molecule has 0 spiro atoms. The molecule has 0 saturated heterocycles. The van der Waals surface area contributed by atoms with Crippen molar-refractivity contribution in [3.63, 3.8) is 0 Å².